The Bertz CT molecular complexity index is 1890. The topological polar surface area (TPSA) is 71.1 Å². The van der Waals surface area contributed by atoms with E-state index in [2.05, 4.69) is 13.2 Å². The second-order valence-corrected chi connectivity index (χ2v) is 11.1. The maximum atomic E-state index is 15.5. The largest absolute Gasteiger partial charge is 0.457 e. The Hall–Kier alpha value is -5.64. The molecule has 6 nitrogen and oxygen atoms in total. The van der Waals surface area contributed by atoms with Gasteiger partial charge >= 0.3 is 24.2 Å². The number of ether oxygens (including phenoxy) is 4. The number of carbonyl (C=O) groups excluding carboxylic acids is 2. The van der Waals surface area contributed by atoms with Crippen LogP contribution in [0, 0.1) is 0 Å². The van der Waals surface area contributed by atoms with E-state index < -0.39 is 35.3 Å². The van der Waals surface area contributed by atoms with Crippen LogP contribution in [0.4, 0.5) is 17.6 Å². The standard InChI is InChI=1S/C38H30F4O6/c1-23(2)35(43)45-21-25-13-19-33(31-11-7-5-9-29(25)31)37(39,40)47-27-15-17-28(18-16-27)48-38(41,42)34-20-14-26(22-46-36(44)24(3)4)30-10-6-8-12-32(30)34/h5-20H,1,3,21-22H2,2,4H3. The molecule has 0 amide bonds. The van der Waals surface area contributed by atoms with Crippen molar-refractivity contribution in [2.45, 2.75) is 39.3 Å². The lowest BCUT2D eigenvalue weighted by Crippen LogP contribution is -2.23. The van der Waals surface area contributed by atoms with Crippen molar-refractivity contribution in [3.8, 4) is 11.5 Å². The second kappa shape index (κ2) is 13.6. The van der Waals surface area contributed by atoms with Crippen molar-refractivity contribution in [1.29, 1.82) is 0 Å². The minimum absolute atomic E-state index is 0.143. The molecule has 0 heterocycles. The molecule has 0 aliphatic rings. The van der Waals surface area contributed by atoms with Crippen molar-refractivity contribution >= 4 is 33.5 Å². The lowest BCUT2D eigenvalue weighted by Gasteiger charge is -2.22. The van der Waals surface area contributed by atoms with E-state index in [0.717, 1.165) is 24.3 Å². The highest BCUT2D eigenvalue weighted by molar-refractivity contribution is 5.91. The van der Waals surface area contributed by atoms with E-state index in [0.29, 0.717) is 21.9 Å². The van der Waals surface area contributed by atoms with Gasteiger partial charge in [0, 0.05) is 11.1 Å². The average Bonchev–Trinajstić information content (AvgIpc) is 3.06. The van der Waals surface area contributed by atoms with E-state index in [4.69, 9.17) is 18.9 Å². The van der Waals surface area contributed by atoms with Crippen LogP contribution in [-0.4, -0.2) is 11.9 Å². The zero-order chi connectivity index (χ0) is 34.6. The van der Waals surface area contributed by atoms with Crippen LogP contribution >= 0.6 is 0 Å². The van der Waals surface area contributed by atoms with E-state index in [1.165, 1.54) is 50.2 Å². The zero-order valence-electron chi connectivity index (χ0n) is 26.0. The quantitative estimate of drug-likeness (QED) is 0.0756. The number of carbonyl (C=O) groups is 2. The second-order valence-electron chi connectivity index (χ2n) is 11.1. The fourth-order valence-corrected chi connectivity index (χ4v) is 5.00. The first-order valence-corrected chi connectivity index (χ1v) is 14.7. The molecule has 0 aliphatic heterocycles. The minimum Gasteiger partial charge on any atom is -0.457 e. The van der Waals surface area contributed by atoms with Crippen molar-refractivity contribution in [2.24, 2.45) is 0 Å². The maximum absolute atomic E-state index is 15.5. The van der Waals surface area contributed by atoms with Gasteiger partial charge in [-0.1, -0.05) is 73.8 Å². The van der Waals surface area contributed by atoms with Crippen LogP contribution in [0.3, 0.4) is 0 Å². The lowest BCUT2D eigenvalue weighted by atomic mass is 9.99. The minimum atomic E-state index is -3.82. The fourth-order valence-electron chi connectivity index (χ4n) is 5.00. The number of hydrogen-bond acceptors (Lipinski definition) is 6. The van der Waals surface area contributed by atoms with E-state index in [1.54, 1.807) is 36.4 Å². The van der Waals surface area contributed by atoms with E-state index in [-0.39, 0.29) is 46.6 Å². The molecule has 0 radical (unpaired) electrons. The number of halogens is 4. The SMILES string of the molecule is C=C(C)C(=O)OCc1ccc(C(F)(F)Oc2ccc(OC(F)(F)c3ccc(COC(=O)C(=C)C)c4ccccc34)cc2)c2ccccc12. The Kier molecular flexibility index (Phi) is 9.56. The van der Waals surface area contributed by atoms with Gasteiger partial charge in [-0.3, -0.25) is 0 Å². The van der Waals surface area contributed by atoms with Crippen LogP contribution in [0.5, 0.6) is 11.5 Å². The Morgan fingerprint density at radius 1 is 0.542 bits per heavy atom. The van der Waals surface area contributed by atoms with Crippen LogP contribution in [0.1, 0.15) is 36.1 Å². The van der Waals surface area contributed by atoms with Gasteiger partial charge in [0.25, 0.3) is 0 Å². The Morgan fingerprint density at radius 3 is 1.21 bits per heavy atom. The Balaban J connectivity index is 1.33. The normalized spacial score (nSPS) is 11.6. The molecule has 0 unspecified atom stereocenters. The van der Waals surface area contributed by atoms with Gasteiger partial charge in [0.15, 0.2) is 0 Å². The van der Waals surface area contributed by atoms with E-state index in [1.807, 2.05) is 0 Å². The molecule has 5 rings (SSSR count). The average molecular weight is 659 g/mol. The van der Waals surface area contributed by atoms with Crippen LogP contribution in [0.25, 0.3) is 21.5 Å². The first kappa shape index (κ1) is 33.7. The van der Waals surface area contributed by atoms with Crippen molar-refractivity contribution in [3.63, 3.8) is 0 Å². The predicted molar refractivity (Wildman–Crippen MR) is 173 cm³/mol. The third kappa shape index (κ3) is 7.33. The highest BCUT2D eigenvalue weighted by Gasteiger charge is 2.38. The summed E-state index contributed by atoms with van der Waals surface area (Å²) in [5.74, 6) is -1.80. The molecule has 5 aromatic rings. The fraction of sp³-hybridized carbons (Fsp3) is 0.158. The number of fused-ring (bicyclic) bond motifs is 2. The summed E-state index contributed by atoms with van der Waals surface area (Å²) in [5, 5.41) is 1.23. The summed E-state index contributed by atoms with van der Waals surface area (Å²) in [6, 6.07) is 22.4. The van der Waals surface area contributed by atoms with Crippen LogP contribution in [0.15, 0.2) is 121 Å². The number of alkyl halides is 4. The molecular weight excluding hydrogens is 628 g/mol. The van der Waals surface area contributed by atoms with Gasteiger partial charge < -0.3 is 18.9 Å². The van der Waals surface area contributed by atoms with Crippen molar-refractivity contribution in [3.05, 3.63) is 144 Å². The molecule has 0 atom stereocenters. The third-order valence-electron chi connectivity index (χ3n) is 7.39. The molecule has 0 aliphatic carbocycles. The first-order valence-electron chi connectivity index (χ1n) is 14.7. The van der Waals surface area contributed by atoms with Crippen molar-refractivity contribution in [1.82, 2.24) is 0 Å². The van der Waals surface area contributed by atoms with Gasteiger partial charge in [-0.05, 0) is 82.9 Å². The zero-order valence-corrected chi connectivity index (χ0v) is 26.0. The molecule has 5 aromatic carbocycles. The molecule has 48 heavy (non-hydrogen) atoms. The molecular formula is C38H30F4O6. The third-order valence-corrected chi connectivity index (χ3v) is 7.39. The maximum Gasteiger partial charge on any atom is 0.427 e. The number of esters is 2. The van der Waals surface area contributed by atoms with E-state index in [9.17, 15) is 9.59 Å². The van der Waals surface area contributed by atoms with Crippen LogP contribution < -0.4 is 9.47 Å². The van der Waals surface area contributed by atoms with E-state index >= 15 is 17.6 Å². The lowest BCUT2D eigenvalue weighted by molar-refractivity contribution is -0.186. The summed E-state index contributed by atoms with van der Waals surface area (Å²) in [7, 11) is 0. The van der Waals surface area contributed by atoms with Gasteiger partial charge in [-0.25, -0.2) is 9.59 Å². The summed E-state index contributed by atoms with van der Waals surface area (Å²) < 4.78 is 82.6. The molecule has 0 N–H and O–H groups in total. The highest BCUT2D eigenvalue weighted by Crippen LogP contribution is 2.40. The highest BCUT2D eigenvalue weighted by atomic mass is 19.3. The van der Waals surface area contributed by atoms with Gasteiger partial charge in [-0.15, -0.1) is 0 Å². The van der Waals surface area contributed by atoms with Crippen LogP contribution in [-0.2, 0) is 44.5 Å². The molecule has 0 saturated carbocycles. The molecule has 0 saturated heterocycles. The van der Waals surface area contributed by atoms with Gasteiger partial charge in [-0.2, -0.15) is 17.6 Å². The first-order chi connectivity index (χ1) is 22.8. The molecule has 0 bridgehead atoms. The van der Waals surface area contributed by atoms with Crippen molar-refractivity contribution in [2.75, 3.05) is 0 Å². The summed E-state index contributed by atoms with van der Waals surface area (Å²) in [4.78, 5) is 23.7. The van der Waals surface area contributed by atoms with Crippen LogP contribution in [0.2, 0.25) is 0 Å². The molecule has 246 valence electrons. The summed E-state index contributed by atoms with van der Waals surface area (Å²) in [5.41, 5.74) is 0.554. The van der Waals surface area contributed by atoms with Crippen molar-refractivity contribution < 1.29 is 46.1 Å². The van der Waals surface area contributed by atoms with Gasteiger partial charge in [0.2, 0.25) is 0 Å². The monoisotopic (exact) mass is 658 g/mol. The summed E-state index contributed by atoms with van der Waals surface area (Å²) >= 11 is 0. The number of rotatable bonds is 12. The number of benzene rings is 5. The Morgan fingerprint density at radius 2 is 0.875 bits per heavy atom. The molecule has 10 heteroatoms. The smallest absolute Gasteiger partial charge is 0.427 e. The molecule has 0 spiro atoms. The number of hydrogen-bond donors (Lipinski definition) is 0. The molecule has 0 aromatic heterocycles. The predicted octanol–water partition coefficient (Wildman–Crippen LogP) is 9.49. The summed E-state index contributed by atoms with van der Waals surface area (Å²) in [6.07, 6.45) is -7.64. The Labute approximate surface area is 273 Å². The van der Waals surface area contributed by atoms with Gasteiger partial charge in [0.05, 0.1) is 11.1 Å². The molecule has 0 fully saturated rings. The van der Waals surface area contributed by atoms with Gasteiger partial charge in [0.1, 0.15) is 24.7 Å². The summed E-state index contributed by atoms with van der Waals surface area (Å²) in [6.45, 7) is 9.78.